The van der Waals surface area contributed by atoms with Gasteiger partial charge in [0.1, 0.15) is 0 Å². The summed E-state index contributed by atoms with van der Waals surface area (Å²) >= 11 is 0. The summed E-state index contributed by atoms with van der Waals surface area (Å²) in [7, 11) is 2.08. The van der Waals surface area contributed by atoms with E-state index < -0.39 is 0 Å². The number of nitrogens with zero attached hydrogens (tertiary/aromatic N) is 2. The molecule has 4 heteroatoms. The Labute approximate surface area is 112 Å². The van der Waals surface area contributed by atoms with Crippen LogP contribution in [0.15, 0.2) is 30.5 Å². The number of rotatable bonds is 2. The van der Waals surface area contributed by atoms with Crippen LogP contribution in [0.2, 0.25) is 0 Å². The third kappa shape index (κ3) is 2.35. The highest BCUT2D eigenvalue weighted by Crippen LogP contribution is 2.30. The minimum atomic E-state index is 0.00273. The molecular weight excluding hydrogens is 238 g/mol. The zero-order valence-corrected chi connectivity index (χ0v) is 11.0. The second-order valence-corrected chi connectivity index (χ2v) is 5.12. The number of nitrogens with one attached hydrogen (secondary N) is 1. The lowest BCUT2D eigenvalue weighted by molar-refractivity contribution is -0.0771. The Kier molecular flexibility index (Phi) is 3.24. The van der Waals surface area contributed by atoms with E-state index in [0.717, 1.165) is 18.6 Å². The van der Waals surface area contributed by atoms with Gasteiger partial charge in [-0.1, -0.05) is 12.1 Å². The lowest BCUT2D eigenvalue weighted by Gasteiger charge is -2.35. The highest BCUT2D eigenvalue weighted by molar-refractivity contribution is 5.83. The predicted molar refractivity (Wildman–Crippen MR) is 73.6 cm³/mol. The fourth-order valence-corrected chi connectivity index (χ4v) is 2.80. The largest absolute Gasteiger partial charge is 0.367 e. The lowest BCUT2D eigenvalue weighted by Crippen LogP contribution is -2.41. The Bertz CT molecular complexity index is 613. The van der Waals surface area contributed by atoms with E-state index in [4.69, 9.17) is 10.00 Å². The first-order valence-corrected chi connectivity index (χ1v) is 6.55. The van der Waals surface area contributed by atoms with Gasteiger partial charge in [-0.2, -0.15) is 5.26 Å². The van der Waals surface area contributed by atoms with Crippen LogP contribution in [0.5, 0.6) is 0 Å². The number of fused-ring (bicyclic) bond motifs is 1. The Balaban J connectivity index is 1.92. The molecular formula is C15H17N3O. The number of ether oxygens (including phenoxy) is 1. The smallest absolute Gasteiger partial charge is 0.0963 e. The first-order valence-electron chi connectivity index (χ1n) is 6.55. The van der Waals surface area contributed by atoms with E-state index in [9.17, 15) is 0 Å². The Morgan fingerprint density at radius 2 is 2.32 bits per heavy atom. The van der Waals surface area contributed by atoms with Gasteiger partial charge in [0.25, 0.3) is 0 Å². The molecule has 1 aromatic carbocycles. The lowest BCUT2D eigenvalue weighted by atomic mass is 10.0. The van der Waals surface area contributed by atoms with Crippen LogP contribution in [0.1, 0.15) is 18.1 Å². The van der Waals surface area contributed by atoms with Crippen LogP contribution in [-0.2, 0) is 4.74 Å². The maximum absolute atomic E-state index is 8.85. The summed E-state index contributed by atoms with van der Waals surface area (Å²) < 4.78 is 6.08. The van der Waals surface area contributed by atoms with E-state index in [1.165, 1.54) is 10.9 Å². The Morgan fingerprint density at radius 3 is 3.16 bits per heavy atom. The molecule has 0 bridgehead atoms. The maximum atomic E-state index is 8.85. The molecule has 4 nitrogen and oxygen atoms in total. The number of likely N-dealkylation sites (N-methyl/N-ethyl adjacent to an activating group) is 1. The number of nitriles is 1. The van der Waals surface area contributed by atoms with Crippen molar-refractivity contribution in [2.24, 2.45) is 0 Å². The molecule has 3 rings (SSSR count). The van der Waals surface area contributed by atoms with E-state index >= 15 is 0 Å². The van der Waals surface area contributed by atoms with Gasteiger partial charge in [-0.05, 0) is 24.7 Å². The topological polar surface area (TPSA) is 52.1 Å². The van der Waals surface area contributed by atoms with Crippen LogP contribution in [0.25, 0.3) is 10.9 Å². The number of H-pyrrole nitrogens is 1. The Morgan fingerprint density at radius 1 is 1.42 bits per heavy atom. The van der Waals surface area contributed by atoms with Crippen molar-refractivity contribution in [1.29, 1.82) is 5.26 Å². The molecule has 2 atom stereocenters. The zero-order chi connectivity index (χ0) is 13.2. The number of hydrogen-bond acceptors (Lipinski definition) is 3. The van der Waals surface area contributed by atoms with Crippen molar-refractivity contribution in [3.8, 4) is 6.07 Å². The second-order valence-electron chi connectivity index (χ2n) is 5.12. The summed E-state index contributed by atoms with van der Waals surface area (Å²) in [6.07, 6.45) is 2.44. The quantitative estimate of drug-likeness (QED) is 0.896. The highest BCUT2D eigenvalue weighted by Gasteiger charge is 2.27. The summed E-state index contributed by atoms with van der Waals surface area (Å²) in [5.74, 6) is 0. The summed E-state index contributed by atoms with van der Waals surface area (Å²) in [4.78, 5) is 5.46. The van der Waals surface area contributed by atoms with Gasteiger partial charge in [0.2, 0.25) is 0 Å². The van der Waals surface area contributed by atoms with Gasteiger partial charge in [0.15, 0.2) is 0 Å². The van der Waals surface area contributed by atoms with Crippen LogP contribution >= 0.6 is 0 Å². The predicted octanol–water partition coefficient (Wildman–Crippen LogP) is 2.45. The van der Waals surface area contributed by atoms with Crippen LogP contribution in [0, 0.1) is 11.3 Å². The van der Waals surface area contributed by atoms with Gasteiger partial charge in [0.05, 0.1) is 24.7 Å². The number of hydrogen-bond donors (Lipinski definition) is 1. The summed E-state index contributed by atoms with van der Waals surface area (Å²) in [6.45, 7) is 1.69. The van der Waals surface area contributed by atoms with Crippen LogP contribution in [0.3, 0.4) is 0 Å². The molecule has 0 spiro atoms. The van der Waals surface area contributed by atoms with Gasteiger partial charge in [-0.25, -0.2) is 0 Å². The molecule has 0 amide bonds. The molecule has 1 saturated heterocycles. The molecule has 0 saturated carbocycles. The molecule has 1 aromatic heterocycles. The molecule has 19 heavy (non-hydrogen) atoms. The summed E-state index contributed by atoms with van der Waals surface area (Å²) in [6, 6.07) is 10.5. The van der Waals surface area contributed by atoms with Crippen LogP contribution in [0.4, 0.5) is 0 Å². The van der Waals surface area contributed by atoms with Crippen LogP contribution < -0.4 is 0 Å². The molecule has 98 valence electrons. The molecule has 0 radical (unpaired) electrons. The molecule has 1 aliphatic heterocycles. The van der Waals surface area contributed by atoms with E-state index in [2.05, 4.69) is 41.2 Å². The number of benzene rings is 1. The van der Waals surface area contributed by atoms with Crippen LogP contribution in [-0.4, -0.2) is 36.1 Å². The standard InChI is InChI=1S/C15H17N3O/c1-18-9-11(5-7-16)19-15(10-18)13-3-2-4-14-12(13)6-8-17-14/h2-4,6,8,11,15,17H,5,9-10H2,1H3/t11-,15-/m0/s1. The SMILES string of the molecule is CN1C[C@H](CC#N)O[C@H](c2cccc3[nH]ccc23)C1. The number of morpholine rings is 1. The van der Waals surface area contributed by atoms with Crippen molar-refractivity contribution < 1.29 is 4.74 Å². The minimum Gasteiger partial charge on any atom is -0.367 e. The number of aromatic nitrogens is 1. The molecule has 2 heterocycles. The molecule has 1 aliphatic rings. The highest BCUT2D eigenvalue weighted by atomic mass is 16.5. The van der Waals surface area contributed by atoms with Crippen molar-refractivity contribution in [2.75, 3.05) is 20.1 Å². The van der Waals surface area contributed by atoms with E-state index in [1.54, 1.807) is 0 Å². The van der Waals surface area contributed by atoms with Gasteiger partial charge in [-0.15, -0.1) is 0 Å². The Hall–Kier alpha value is -1.83. The fraction of sp³-hybridized carbons (Fsp3) is 0.400. The van der Waals surface area contributed by atoms with Gasteiger partial charge >= 0.3 is 0 Å². The second kappa shape index (κ2) is 5.04. The first-order chi connectivity index (χ1) is 9.28. The van der Waals surface area contributed by atoms with Crippen molar-refractivity contribution >= 4 is 10.9 Å². The van der Waals surface area contributed by atoms with E-state index in [1.807, 2.05) is 12.3 Å². The van der Waals surface area contributed by atoms with Gasteiger partial charge in [-0.3, -0.25) is 0 Å². The third-order valence-electron chi connectivity index (χ3n) is 3.64. The monoisotopic (exact) mass is 255 g/mol. The molecule has 0 unspecified atom stereocenters. The average molecular weight is 255 g/mol. The molecule has 0 aliphatic carbocycles. The van der Waals surface area contributed by atoms with Gasteiger partial charge < -0.3 is 14.6 Å². The molecule has 2 aromatic rings. The normalized spacial score (nSPS) is 24.4. The summed E-state index contributed by atoms with van der Waals surface area (Å²) in [5.41, 5.74) is 2.33. The van der Waals surface area contributed by atoms with Crippen molar-refractivity contribution in [3.63, 3.8) is 0 Å². The molecule has 1 N–H and O–H groups in total. The molecule has 1 fully saturated rings. The average Bonchev–Trinajstić information content (AvgIpc) is 2.86. The van der Waals surface area contributed by atoms with E-state index in [-0.39, 0.29) is 12.2 Å². The zero-order valence-electron chi connectivity index (χ0n) is 11.0. The summed E-state index contributed by atoms with van der Waals surface area (Å²) in [5, 5.41) is 10.1. The fourth-order valence-electron chi connectivity index (χ4n) is 2.80. The maximum Gasteiger partial charge on any atom is 0.0963 e. The number of aromatic amines is 1. The van der Waals surface area contributed by atoms with Crippen molar-refractivity contribution in [3.05, 3.63) is 36.0 Å². The van der Waals surface area contributed by atoms with Crippen molar-refractivity contribution in [1.82, 2.24) is 9.88 Å². The first kappa shape index (κ1) is 12.2. The van der Waals surface area contributed by atoms with E-state index in [0.29, 0.717) is 6.42 Å². The van der Waals surface area contributed by atoms with Gasteiger partial charge in [0, 0.05) is 30.2 Å². The van der Waals surface area contributed by atoms with Crippen molar-refractivity contribution in [2.45, 2.75) is 18.6 Å². The third-order valence-corrected chi connectivity index (χ3v) is 3.64. The minimum absolute atomic E-state index is 0.00273.